The number of hydrogen-bond acceptors (Lipinski definition) is 4. The van der Waals surface area contributed by atoms with Gasteiger partial charge in [-0.15, -0.1) is 5.10 Å². The van der Waals surface area contributed by atoms with Crippen LogP contribution in [0.25, 0.3) is 10.2 Å². The second-order valence-electron chi connectivity index (χ2n) is 2.51. The molecule has 0 aliphatic carbocycles. The minimum absolute atomic E-state index is 0.100. The van der Waals surface area contributed by atoms with Crippen LogP contribution in [0.15, 0.2) is 18.2 Å². The lowest BCUT2D eigenvalue weighted by Gasteiger charge is -1.98. The van der Waals surface area contributed by atoms with E-state index in [0.717, 1.165) is 10.2 Å². The summed E-state index contributed by atoms with van der Waals surface area (Å²) in [5, 5.41) is 6.46. The summed E-state index contributed by atoms with van der Waals surface area (Å²) in [4.78, 5) is 11.4. The number of benzene rings is 1. The first kappa shape index (κ1) is 8.12. The van der Waals surface area contributed by atoms with Crippen molar-refractivity contribution >= 4 is 27.7 Å². The number of hydrogen-bond donors (Lipinski definition) is 1. The maximum atomic E-state index is 11.4. The number of nitrogens with one attached hydrogen (secondary N) is 1. The molecule has 1 N–H and O–H groups in total. The van der Waals surface area contributed by atoms with Gasteiger partial charge in [0.15, 0.2) is 0 Å². The Morgan fingerprint density at radius 3 is 3.15 bits per heavy atom. The van der Waals surface area contributed by atoms with Gasteiger partial charge in [0.1, 0.15) is 5.52 Å². The third kappa shape index (κ3) is 1.27. The first-order valence-electron chi connectivity index (χ1n) is 3.76. The molecule has 0 radical (unpaired) electrons. The van der Waals surface area contributed by atoms with Crippen LogP contribution in [-0.4, -0.2) is 22.5 Å². The Balaban J connectivity index is 2.67. The summed E-state index contributed by atoms with van der Waals surface area (Å²) in [7, 11) is 1.61. The molecule has 0 unspecified atom stereocenters. The van der Waals surface area contributed by atoms with Gasteiger partial charge in [0.25, 0.3) is 5.91 Å². The number of carbonyl (C=O) groups is 1. The molecule has 1 heterocycles. The van der Waals surface area contributed by atoms with Crippen LogP contribution in [0.4, 0.5) is 0 Å². The molecule has 5 heteroatoms. The molecule has 13 heavy (non-hydrogen) atoms. The van der Waals surface area contributed by atoms with Gasteiger partial charge in [-0.25, -0.2) is 0 Å². The summed E-state index contributed by atoms with van der Waals surface area (Å²) in [6.07, 6.45) is 0. The van der Waals surface area contributed by atoms with Crippen LogP contribution in [-0.2, 0) is 0 Å². The molecule has 1 aromatic carbocycles. The standard InChI is InChI=1S/C8H7N3OS/c1-9-8(12)5-3-2-4-6-7(5)13-11-10-6/h2-4H,1H3,(H,9,12). The molecular formula is C8H7N3OS. The van der Waals surface area contributed by atoms with E-state index in [9.17, 15) is 4.79 Å². The Hall–Kier alpha value is -1.49. The van der Waals surface area contributed by atoms with Crippen LogP contribution in [0.2, 0.25) is 0 Å². The molecule has 0 aliphatic heterocycles. The maximum absolute atomic E-state index is 11.4. The summed E-state index contributed by atoms with van der Waals surface area (Å²) in [6.45, 7) is 0. The second-order valence-corrected chi connectivity index (χ2v) is 3.26. The van der Waals surface area contributed by atoms with Crippen molar-refractivity contribution in [2.75, 3.05) is 7.05 Å². The van der Waals surface area contributed by atoms with E-state index >= 15 is 0 Å². The van der Waals surface area contributed by atoms with Crippen LogP contribution in [0.5, 0.6) is 0 Å². The topological polar surface area (TPSA) is 54.9 Å². The Morgan fingerprint density at radius 1 is 1.54 bits per heavy atom. The summed E-state index contributed by atoms with van der Waals surface area (Å²) < 4.78 is 4.63. The number of rotatable bonds is 1. The molecule has 2 rings (SSSR count). The average Bonchev–Trinajstić information content (AvgIpc) is 2.63. The normalized spacial score (nSPS) is 10.2. The minimum Gasteiger partial charge on any atom is -0.355 e. The van der Waals surface area contributed by atoms with E-state index < -0.39 is 0 Å². The number of fused-ring (bicyclic) bond motifs is 1. The molecule has 0 spiro atoms. The number of carbonyl (C=O) groups excluding carboxylic acids is 1. The Kier molecular flexibility index (Phi) is 1.94. The Bertz CT molecular complexity index is 451. The van der Waals surface area contributed by atoms with E-state index in [2.05, 4.69) is 14.9 Å². The highest BCUT2D eigenvalue weighted by molar-refractivity contribution is 7.13. The first-order chi connectivity index (χ1) is 6.33. The fourth-order valence-electron chi connectivity index (χ4n) is 1.12. The number of aromatic nitrogens is 2. The molecule has 0 fully saturated rings. The van der Waals surface area contributed by atoms with Crippen molar-refractivity contribution in [2.24, 2.45) is 0 Å². The Morgan fingerprint density at radius 2 is 2.38 bits per heavy atom. The van der Waals surface area contributed by atoms with Gasteiger partial charge in [-0.1, -0.05) is 10.6 Å². The smallest absolute Gasteiger partial charge is 0.252 e. The van der Waals surface area contributed by atoms with Crippen LogP contribution >= 0.6 is 11.5 Å². The highest BCUT2D eigenvalue weighted by Crippen LogP contribution is 2.19. The summed E-state index contributed by atoms with van der Waals surface area (Å²) >= 11 is 1.24. The van der Waals surface area contributed by atoms with Gasteiger partial charge in [0.2, 0.25) is 0 Å². The van der Waals surface area contributed by atoms with Crippen molar-refractivity contribution in [3.05, 3.63) is 23.8 Å². The highest BCUT2D eigenvalue weighted by atomic mass is 32.1. The SMILES string of the molecule is CNC(=O)c1cccc2nnsc12. The third-order valence-corrected chi connectivity index (χ3v) is 2.52. The van der Waals surface area contributed by atoms with Gasteiger partial charge < -0.3 is 5.32 Å². The van der Waals surface area contributed by atoms with Crippen LogP contribution in [0.1, 0.15) is 10.4 Å². The van der Waals surface area contributed by atoms with E-state index in [1.165, 1.54) is 11.5 Å². The maximum Gasteiger partial charge on any atom is 0.252 e. The van der Waals surface area contributed by atoms with Crippen molar-refractivity contribution in [2.45, 2.75) is 0 Å². The second kappa shape index (κ2) is 3.10. The lowest BCUT2D eigenvalue weighted by Crippen LogP contribution is -2.17. The fraction of sp³-hybridized carbons (Fsp3) is 0.125. The van der Waals surface area contributed by atoms with Gasteiger partial charge in [0.05, 0.1) is 10.3 Å². The number of nitrogens with zero attached hydrogens (tertiary/aromatic N) is 2. The predicted octanol–water partition coefficient (Wildman–Crippen LogP) is 1.05. The molecule has 0 bridgehead atoms. The van der Waals surface area contributed by atoms with Gasteiger partial charge in [0, 0.05) is 7.05 Å². The van der Waals surface area contributed by atoms with Crippen LogP contribution in [0.3, 0.4) is 0 Å². The summed E-state index contributed by atoms with van der Waals surface area (Å²) in [5.74, 6) is -0.100. The Labute approximate surface area is 78.7 Å². The minimum atomic E-state index is -0.100. The molecule has 0 atom stereocenters. The lowest BCUT2D eigenvalue weighted by atomic mass is 10.2. The van der Waals surface area contributed by atoms with Gasteiger partial charge in [-0.3, -0.25) is 4.79 Å². The van der Waals surface area contributed by atoms with Crippen LogP contribution < -0.4 is 5.32 Å². The molecule has 0 saturated heterocycles. The van der Waals surface area contributed by atoms with Crippen molar-refractivity contribution < 1.29 is 4.79 Å². The first-order valence-corrected chi connectivity index (χ1v) is 4.53. The van der Waals surface area contributed by atoms with Crippen molar-refractivity contribution in [1.82, 2.24) is 14.9 Å². The molecule has 0 saturated carbocycles. The quantitative estimate of drug-likeness (QED) is 0.736. The van der Waals surface area contributed by atoms with E-state index in [4.69, 9.17) is 0 Å². The zero-order chi connectivity index (χ0) is 9.26. The van der Waals surface area contributed by atoms with Crippen molar-refractivity contribution in [3.8, 4) is 0 Å². The summed E-state index contributed by atoms with van der Waals surface area (Å²) in [6, 6.07) is 5.40. The van der Waals surface area contributed by atoms with Crippen molar-refractivity contribution in [1.29, 1.82) is 0 Å². The van der Waals surface area contributed by atoms with E-state index in [-0.39, 0.29) is 5.91 Å². The molecule has 1 aromatic heterocycles. The molecule has 66 valence electrons. The largest absolute Gasteiger partial charge is 0.355 e. The highest BCUT2D eigenvalue weighted by Gasteiger charge is 2.09. The molecular weight excluding hydrogens is 186 g/mol. The molecule has 2 aromatic rings. The molecule has 1 amide bonds. The number of amides is 1. The van der Waals surface area contributed by atoms with Gasteiger partial charge >= 0.3 is 0 Å². The molecule has 0 aliphatic rings. The predicted molar refractivity (Wildman–Crippen MR) is 50.8 cm³/mol. The monoisotopic (exact) mass is 193 g/mol. The van der Waals surface area contributed by atoms with E-state index in [1.54, 1.807) is 19.2 Å². The molecule has 4 nitrogen and oxygen atoms in total. The van der Waals surface area contributed by atoms with Crippen LogP contribution in [0, 0.1) is 0 Å². The van der Waals surface area contributed by atoms with Gasteiger partial charge in [-0.05, 0) is 23.7 Å². The third-order valence-electron chi connectivity index (χ3n) is 1.75. The van der Waals surface area contributed by atoms with E-state index in [1.807, 2.05) is 6.07 Å². The lowest BCUT2D eigenvalue weighted by molar-refractivity contribution is 0.0965. The zero-order valence-corrected chi connectivity index (χ0v) is 7.76. The van der Waals surface area contributed by atoms with Crippen molar-refractivity contribution in [3.63, 3.8) is 0 Å². The van der Waals surface area contributed by atoms with E-state index in [0.29, 0.717) is 5.56 Å². The summed E-state index contributed by atoms with van der Waals surface area (Å²) in [5.41, 5.74) is 1.40. The fourth-order valence-corrected chi connectivity index (χ4v) is 1.79. The van der Waals surface area contributed by atoms with Gasteiger partial charge in [-0.2, -0.15) is 0 Å². The average molecular weight is 193 g/mol. The zero-order valence-electron chi connectivity index (χ0n) is 6.94.